The summed E-state index contributed by atoms with van der Waals surface area (Å²) in [6, 6.07) is 62.6. The number of aromatic nitrogens is 3. The minimum absolute atomic E-state index is 0.0200. The van der Waals surface area contributed by atoms with E-state index in [-0.39, 0.29) is 5.41 Å². The Morgan fingerprint density at radius 3 is 1.90 bits per heavy atom. The third-order valence-corrected chi connectivity index (χ3v) is 13.3. The average Bonchev–Trinajstić information content (AvgIpc) is 3.93. The van der Waals surface area contributed by atoms with E-state index in [1.165, 1.54) is 53.6 Å². The monoisotopic (exact) mass is 773 g/mol. The second-order valence-electron chi connectivity index (χ2n) is 16.0. The topological polar surface area (TPSA) is 51.8 Å². The van der Waals surface area contributed by atoms with Gasteiger partial charge in [0.15, 0.2) is 17.5 Å². The summed E-state index contributed by atoms with van der Waals surface area (Å²) in [7, 11) is 0. The van der Waals surface area contributed by atoms with Crippen LogP contribution in [0.1, 0.15) is 25.0 Å². The number of nitrogens with zero attached hydrogens (tertiary/aromatic N) is 3. The van der Waals surface area contributed by atoms with E-state index in [0.717, 1.165) is 49.8 Å². The quantitative estimate of drug-likeness (QED) is 0.175. The number of hydrogen-bond donors (Lipinski definition) is 0. The maximum absolute atomic E-state index is 6.52. The van der Waals surface area contributed by atoms with E-state index in [1.807, 2.05) is 30.3 Å². The van der Waals surface area contributed by atoms with E-state index < -0.39 is 0 Å². The summed E-state index contributed by atoms with van der Waals surface area (Å²) in [4.78, 5) is 15.4. The fraction of sp³-hybridized carbons (Fsp3) is 0.0556. The van der Waals surface area contributed by atoms with Gasteiger partial charge >= 0.3 is 0 Å². The van der Waals surface area contributed by atoms with Gasteiger partial charge in [-0.05, 0) is 87.0 Å². The summed E-state index contributed by atoms with van der Waals surface area (Å²) in [5.41, 5.74) is 14.4. The zero-order valence-corrected chi connectivity index (χ0v) is 33.2. The first-order valence-electron chi connectivity index (χ1n) is 20.0. The fourth-order valence-electron chi connectivity index (χ4n) is 9.18. The standard InChI is InChI=1S/C54H35N3OS/c1-54(2)44-19-8-6-16-38(44)42-29-35(23-26-45(42)54)33-14-10-15-34(28-33)36-24-27-46-43(30-36)50-41(18-11-20-47(50)58-46)53-56-51(32-12-4-3-5-13-32)55-52(57-53)37-22-25-40-39-17-7-9-21-48(39)59-49(40)31-37/h3-31H,1-2H3. The summed E-state index contributed by atoms with van der Waals surface area (Å²) in [6.45, 7) is 4.65. The highest BCUT2D eigenvalue weighted by atomic mass is 32.1. The van der Waals surface area contributed by atoms with E-state index in [0.29, 0.717) is 17.5 Å². The van der Waals surface area contributed by atoms with Crippen molar-refractivity contribution in [3.05, 3.63) is 187 Å². The van der Waals surface area contributed by atoms with Crippen molar-refractivity contribution in [2.75, 3.05) is 0 Å². The second-order valence-corrected chi connectivity index (χ2v) is 17.1. The van der Waals surface area contributed by atoms with Gasteiger partial charge in [-0.15, -0.1) is 11.3 Å². The molecule has 0 saturated heterocycles. The third-order valence-electron chi connectivity index (χ3n) is 12.2. The van der Waals surface area contributed by atoms with Crippen LogP contribution in [0.25, 0.3) is 110 Å². The maximum atomic E-state index is 6.52. The first kappa shape index (κ1) is 33.9. The Hall–Kier alpha value is -7.21. The summed E-state index contributed by atoms with van der Waals surface area (Å²) in [5.74, 6) is 1.87. The molecule has 8 aromatic carbocycles. The summed E-state index contributed by atoms with van der Waals surface area (Å²) < 4.78 is 9.00. The molecule has 5 heteroatoms. The van der Waals surface area contributed by atoms with Gasteiger partial charge in [0.25, 0.3) is 0 Å². The zero-order valence-electron chi connectivity index (χ0n) is 32.4. The molecular formula is C54H35N3OS. The Morgan fingerprint density at radius 2 is 1.02 bits per heavy atom. The molecule has 59 heavy (non-hydrogen) atoms. The summed E-state index contributed by atoms with van der Waals surface area (Å²) in [6.07, 6.45) is 0. The van der Waals surface area contributed by atoms with Gasteiger partial charge in [-0.3, -0.25) is 0 Å². The van der Waals surface area contributed by atoms with Crippen molar-refractivity contribution in [1.82, 2.24) is 15.0 Å². The molecule has 3 aromatic heterocycles. The molecule has 0 N–H and O–H groups in total. The van der Waals surface area contributed by atoms with Crippen LogP contribution in [-0.2, 0) is 5.41 Å². The SMILES string of the molecule is CC1(C)c2ccccc2-c2cc(-c3cccc(-c4ccc5oc6cccc(-c7nc(-c8ccccc8)nc(-c8ccc9c(c8)sc8ccccc89)n7)c6c5c4)c3)ccc21. The highest BCUT2D eigenvalue weighted by Gasteiger charge is 2.35. The van der Waals surface area contributed by atoms with Crippen LogP contribution in [0.2, 0.25) is 0 Å². The number of benzene rings is 8. The van der Waals surface area contributed by atoms with Gasteiger partial charge in [-0.25, -0.2) is 15.0 Å². The van der Waals surface area contributed by atoms with Crippen molar-refractivity contribution < 1.29 is 4.42 Å². The van der Waals surface area contributed by atoms with E-state index in [1.54, 1.807) is 11.3 Å². The maximum Gasteiger partial charge on any atom is 0.164 e. The molecule has 3 heterocycles. The smallest absolute Gasteiger partial charge is 0.164 e. The molecule has 1 aliphatic rings. The van der Waals surface area contributed by atoms with E-state index in [4.69, 9.17) is 19.4 Å². The molecule has 0 amide bonds. The molecule has 1 aliphatic carbocycles. The molecule has 0 radical (unpaired) electrons. The van der Waals surface area contributed by atoms with Crippen molar-refractivity contribution in [3.63, 3.8) is 0 Å². The highest BCUT2D eigenvalue weighted by molar-refractivity contribution is 7.25. The number of rotatable bonds is 5. The Balaban J connectivity index is 0.984. The van der Waals surface area contributed by atoms with Crippen LogP contribution in [0.4, 0.5) is 0 Å². The lowest BCUT2D eigenvalue weighted by atomic mass is 9.82. The minimum atomic E-state index is -0.0200. The molecule has 4 nitrogen and oxygen atoms in total. The second kappa shape index (κ2) is 12.9. The highest BCUT2D eigenvalue weighted by Crippen LogP contribution is 2.50. The lowest BCUT2D eigenvalue weighted by Crippen LogP contribution is -2.14. The lowest BCUT2D eigenvalue weighted by Gasteiger charge is -2.21. The first-order chi connectivity index (χ1) is 29.0. The van der Waals surface area contributed by atoms with Gasteiger partial charge in [0.05, 0.1) is 0 Å². The average molecular weight is 774 g/mol. The van der Waals surface area contributed by atoms with Gasteiger partial charge in [0.2, 0.25) is 0 Å². The predicted molar refractivity (Wildman–Crippen MR) is 245 cm³/mol. The minimum Gasteiger partial charge on any atom is -0.456 e. The van der Waals surface area contributed by atoms with Crippen LogP contribution >= 0.6 is 11.3 Å². The Bertz CT molecular complexity index is 3490. The molecule has 0 bridgehead atoms. The molecule has 0 unspecified atom stereocenters. The van der Waals surface area contributed by atoms with Crippen LogP contribution in [0, 0.1) is 0 Å². The Kier molecular flexibility index (Phi) is 7.41. The molecule has 0 atom stereocenters. The van der Waals surface area contributed by atoms with Crippen LogP contribution in [0.5, 0.6) is 0 Å². The number of fused-ring (bicyclic) bond motifs is 9. The van der Waals surface area contributed by atoms with Gasteiger partial charge < -0.3 is 4.42 Å². The van der Waals surface area contributed by atoms with E-state index in [2.05, 4.69) is 159 Å². The Morgan fingerprint density at radius 1 is 0.390 bits per heavy atom. The van der Waals surface area contributed by atoms with Gasteiger partial charge in [-0.1, -0.05) is 147 Å². The van der Waals surface area contributed by atoms with Crippen molar-refractivity contribution in [3.8, 4) is 67.5 Å². The lowest BCUT2D eigenvalue weighted by molar-refractivity contribution is 0.660. The van der Waals surface area contributed by atoms with Crippen LogP contribution in [0.3, 0.4) is 0 Å². The molecule has 278 valence electrons. The predicted octanol–water partition coefficient (Wildman–Crippen LogP) is 14.8. The molecule has 0 aliphatic heterocycles. The molecule has 12 rings (SSSR count). The summed E-state index contributed by atoms with van der Waals surface area (Å²) >= 11 is 1.79. The first-order valence-corrected chi connectivity index (χ1v) is 20.8. The largest absolute Gasteiger partial charge is 0.456 e. The van der Waals surface area contributed by atoms with Gasteiger partial charge in [0.1, 0.15) is 11.2 Å². The van der Waals surface area contributed by atoms with Crippen molar-refractivity contribution in [2.45, 2.75) is 19.3 Å². The van der Waals surface area contributed by atoms with Crippen LogP contribution in [-0.4, -0.2) is 15.0 Å². The van der Waals surface area contributed by atoms with Crippen molar-refractivity contribution >= 4 is 53.4 Å². The summed E-state index contributed by atoms with van der Waals surface area (Å²) in [5, 5.41) is 4.51. The fourth-order valence-corrected chi connectivity index (χ4v) is 10.3. The van der Waals surface area contributed by atoms with Crippen LogP contribution in [0.15, 0.2) is 180 Å². The van der Waals surface area contributed by atoms with Crippen molar-refractivity contribution in [1.29, 1.82) is 0 Å². The molecule has 11 aromatic rings. The van der Waals surface area contributed by atoms with Gasteiger partial charge in [-0.2, -0.15) is 0 Å². The number of hydrogen-bond acceptors (Lipinski definition) is 5. The third kappa shape index (κ3) is 5.39. The zero-order chi connectivity index (χ0) is 39.2. The van der Waals surface area contributed by atoms with E-state index >= 15 is 0 Å². The molecule has 0 saturated carbocycles. The Labute approximate surface area is 345 Å². The van der Waals surface area contributed by atoms with Gasteiger partial charge in [0, 0.05) is 53.1 Å². The van der Waals surface area contributed by atoms with Crippen molar-refractivity contribution in [2.24, 2.45) is 0 Å². The molecule has 0 fully saturated rings. The number of thiophene rings is 1. The normalized spacial score (nSPS) is 13.1. The molecular weight excluding hydrogens is 739 g/mol. The van der Waals surface area contributed by atoms with Crippen LogP contribution < -0.4 is 0 Å². The number of furan rings is 1. The van der Waals surface area contributed by atoms with E-state index in [9.17, 15) is 0 Å². The molecule has 0 spiro atoms.